The quantitative estimate of drug-likeness (QED) is 0.491. The minimum atomic E-state index is -2.16. The van der Waals surface area contributed by atoms with Crippen molar-refractivity contribution in [3.05, 3.63) is 0 Å². The van der Waals surface area contributed by atoms with Gasteiger partial charge < -0.3 is 4.74 Å². The van der Waals surface area contributed by atoms with Gasteiger partial charge in [-0.05, 0) is 12.8 Å². The third-order valence-corrected chi connectivity index (χ3v) is 2.09. The molecule has 72 valence electrons. The molecule has 0 amide bonds. The summed E-state index contributed by atoms with van der Waals surface area (Å²) >= 11 is 0. The van der Waals surface area contributed by atoms with Crippen LogP contribution in [0.3, 0.4) is 0 Å². The van der Waals surface area contributed by atoms with E-state index >= 15 is 0 Å². The molecule has 4 heteroatoms. The highest BCUT2D eigenvalue weighted by Gasteiger charge is 1.99. The zero-order valence-corrected chi connectivity index (χ0v) is 8.49. The molecule has 0 aliphatic carbocycles. The fourth-order valence-corrected chi connectivity index (χ4v) is 1.29. The van der Waals surface area contributed by atoms with Crippen molar-refractivity contribution >= 4 is 15.3 Å². The third kappa shape index (κ3) is 5.32. The van der Waals surface area contributed by atoms with E-state index in [2.05, 4.69) is 0 Å². The van der Waals surface area contributed by atoms with Crippen LogP contribution in [0.4, 0.5) is 0 Å². The van der Waals surface area contributed by atoms with E-state index in [4.69, 9.17) is 4.74 Å². The van der Waals surface area contributed by atoms with Crippen LogP contribution < -0.4 is 0 Å². The Balaban J connectivity index is 3.91. The van der Waals surface area contributed by atoms with E-state index in [-0.39, 0.29) is 5.05 Å². The summed E-state index contributed by atoms with van der Waals surface area (Å²) in [6.07, 6.45) is 3.24. The zero-order chi connectivity index (χ0) is 9.40. The highest BCUT2D eigenvalue weighted by Crippen LogP contribution is 1.95. The Morgan fingerprint density at radius 3 is 2.33 bits per heavy atom. The summed E-state index contributed by atoms with van der Waals surface area (Å²) in [5, 5.41) is 0.200. The van der Waals surface area contributed by atoms with Gasteiger partial charge in [-0.2, -0.15) is 8.42 Å². The number of hydrogen-bond acceptors (Lipinski definition) is 3. The van der Waals surface area contributed by atoms with Gasteiger partial charge in [-0.1, -0.05) is 20.3 Å². The van der Waals surface area contributed by atoms with Gasteiger partial charge in [-0.15, -0.1) is 0 Å². The topological polar surface area (TPSA) is 43.4 Å². The first-order valence-corrected chi connectivity index (χ1v) is 5.37. The molecule has 0 bridgehead atoms. The van der Waals surface area contributed by atoms with Crippen LogP contribution >= 0.6 is 0 Å². The van der Waals surface area contributed by atoms with Crippen molar-refractivity contribution in [2.24, 2.45) is 0 Å². The maximum atomic E-state index is 10.5. The van der Waals surface area contributed by atoms with Gasteiger partial charge in [0.15, 0.2) is 5.05 Å². The van der Waals surface area contributed by atoms with Gasteiger partial charge in [-0.25, -0.2) is 0 Å². The van der Waals surface area contributed by atoms with E-state index in [1.54, 1.807) is 0 Å². The molecule has 0 radical (unpaired) electrons. The molecule has 3 nitrogen and oxygen atoms in total. The summed E-state index contributed by atoms with van der Waals surface area (Å²) in [5.74, 6) is 0. The minimum Gasteiger partial charge on any atom is -0.335 e. The van der Waals surface area contributed by atoms with Gasteiger partial charge in [0.1, 0.15) is 0 Å². The lowest BCUT2D eigenvalue weighted by Crippen LogP contribution is -2.06. The summed E-state index contributed by atoms with van der Waals surface area (Å²) < 4.78 is 26.1. The van der Waals surface area contributed by atoms with Crippen molar-refractivity contribution in [2.75, 3.05) is 6.61 Å². The molecule has 0 aromatic carbocycles. The summed E-state index contributed by atoms with van der Waals surface area (Å²) in [7, 11) is -2.16. The van der Waals surface area contributed by atoms with E-state index in [0.717, 1.165) is 19.3 Å². The Morgan fingerprint density at radius 2 is 1.92 bits per heavy atom. The second-order valence-corrected chi connectivity index (χ2v) is 3.48. The van der Waals surface area contributed by atoms with Crippen LogP contribution in [0, 0.1) is 0 Å². The monoisotopic (exact) mass is 192 g/mol. The number of ether oxygens (including phenoxy) is 1. The molecule has 0 saturated heterocycles. The normalized spacial score (nSPS) is 9.83. The van der Waals surface area contributed by atoms with Gasteiger partial charge in [0.25, 0.3) is 0 Å². The molecule has 0 saturated carbocycles. The summed E-state index contributed by atoms with van der Waals surface area (Å²) in [6.45, 7) is 4.48. The van der Waals surface area contributed by atoms with E-state index < -0.39 is 10.3 Å². The molecule has 0 aliphatic rings. The van der Waals surface area contributed by atoms with Crippen LogP contribution in [0.25, 0.3) is 0 Å². The van der Waals surface area contributed by atoms with Crippen LogP contribution in [0.5, 0.6) is 0 Å². The Hall–Kier alpha value is -0.350. The molecule has 0 N–H and O–H groups in total. The molecule has 0 aliphatic heterocycles. The van der Waals surface area contributed by atoms with Gasteiger partial charge in [0.2, 0.25) is 10.3 Å². The fourth-order valence-electron chi connectivity index (χ4n) is 0.738. The van der Waals surface area contributed by atoms with Crippen molar-refractivity contribution in [3.8, 4) is 0 Å². The molecule has 0 aromatic rings. The average molecular weight is 192 g/mol. The van der Waals surface area contributed by atoms with Crippen LogP contribution in [0.2, 0.25) is 0 Å². The first-order chi connectivity index (χ1) is 5.72. The Bertz CT molecular complexity index is 221. The molecule has 0 atom stereocenters. The first-order valence-electron chi connectivity index (χ1n) is 4.30. The predicted octanol–water partition coefficient (Wildman–Crippen LogP) is 1.61. The fraction of sp³-hybridized carbons (Fsp3) is 0.875. The first kappa shape index (κ1) is 11.6. The molecule has 0 rings (SSSR count). The SMILES string of the molecule is CCCCOC(CCC)=S(=O)=O. The van der Waals surface area contributed by atoms with Crippen LogP contribution in [0.1, 0.15) is 39.5 Å². The predicted molar refractivity (Wildman–Crippen MR) is 49.7 cm³/mol. The van der Waals surface area contributed by atoms with Crippen molar-refractivity contribution < 1.29 is 13.2 Å². The third-order valence-electron chi connectivity index (χ3n) is 1.40. The standard InChI is InChI=1S/C8H16O3S/c1-3-5-7-11-8(6-4-2)12(9)10/h3-7H2,1-2H3. The van der Waals surface area contributed by atoms with Crippen molar-refractivity contribution in [1.82, 2.24) is 0 Å². The average Bonchev–Trinajstić information content (AvgIpc) is 2.03. The highest BCUT2D eigenvalue weighted by molar-refractivity contribution is 7.72. The van der Waals surface area contributed by atoms with E-state index in [1.165, 1.54) is 0 Å². The number of rotatable bonds is 5. The molecule has 12 heavy (non-hydrogen) atoms. The van der Waals surface area contributed by atoms with Crippen molar-refractivity contribution in [2.45, 2.75) is 39.5 Å². The van der Waals surface area contributed by atoms with Crippen molar-refractivity contribution in [3.63, 3.8) is 0 Å². The van der Waals surface area contributed by atoms with Gasteiger partial charge >= 0.3 is 0 Å². The van der Waals surface area contributed by atoms with E-state index in [0.29, 0.717) is 13.0 Å². The van der Waals surface area contributed by atoms with Crippen LogP contribution in [-0.2, 0) is 15.0 Å². The molecular weight excluding hydrogens is 176 g/mol. The lowest BCUT2D eigenvalue weighted by atomic mass is 10.3. The molecular formula is C8H16O3S. The van der Waals surface area contributed by atoms with E-state index in [9.17, 15) is 8.42 Å². The minimum absolute atomic E-state index is 0.200. The number of hydrogen-bond donors (Lipinski definition) is 0. The zero-order valence-electron chi connectivity index (χ0n) is 7.67. The second-order valence-electron chi connectivity index (χ2n) is 2.56. The molecule has 0 unspecified atom stereocenters. The Morgan fingerprint density at radius 1 is 1.25 bits per heavy atom. The molecule has 0 fully saturated rings. The lowest BCUT2D eigenvalue weighted by molar-refractivity contribution is 0.295. The number of unbranched alkanes of at least 4 members (excludes halogenated alkanes) is 1. The smallest absolute Gasteiger partial charge is 0.240 e. The largest absolute Gasteiger partial charge is 0.335 e. The molecule has 0 heterocycles. The van der Waals surface area contributed by atoms with Crippen LogP contribution in [-0.4, -0.2) is 20.1 Å². The Kier molecular flexibility index (Phi) is 7.09. The van der Waals surface area contributed by atoms with Gasteiger partial charge in [-0.3, -0.25) is 0 Å². The second kappa shape index (κ2) is 7.31. The summed E-state index contributed by atoms with van der Waals surface area (Å²) in [4.78, 5) is 0. The Labute approximate surface area is 75.3 Å². The maximum absolute atomic E-state index is 10.5. The van der Waals surface area contributed by atoms with Gasteiger partial charge in [0, 0.05) is 6.42 Å². The summed E-state index contributed by atoms with van der Waals surface area (Å²) in [6, 6.07) is 0. The highest BCUT2D eigenvalue weighted by atomic mass is 32.2. The molecule has 0 spiro atoms. The lowest BCUT2D eigenvalue weighted by Gasteiger charge is -2.00. The maximum Gasteiger partial charge on any atom is 0.240 e. The van der Waals surface area contributed by atoms with Crippen LogP contribution in [0.15, 0.2) is 0 Å². The summed E-state index contributed by atoms with van der Waals surface area (Å²) in [5.41, 5.74) is 0. The van der Waals surface area contributed by atoms with Gasteiger partial charge in [0.05, 0.1) is 6.61 Å². The molecule has 0 aromatic heterocycles. The van der Waals surface area contributed by atoms with Crippen molar-refractivity contribution in [1.29, 1.82) is 0 Å². The van der Waals surface area contributed by atoms with E-state index in [1.807, 2.05) is 13.8 Å².